The maximum atomic E-state index is 12.9. The fourth-order valence-corrected chi connectivity index (χ4v) is 3.49. The molecular weight excluding hydrogens is 288 g/mol. The van der Waals surface area contributed by atoms with Crippen LogP contribution in [0.2, 0.25) is 0 Å². The third-order valence-corrected chi connectivity index (χ3v) is 4.48. The number of likely N-dealkylation sites (tertiary alicyclic amines) is 1. The molecule has 4 heteroatoms. The highest BCUT2D eigenvalue weighted by Crippen LogP contribution is 2.40. The van der Waals surface area contributed by atoms with Gasteiger partial charge in [0.25, 0.3) is 0 Å². The molecule has 4 nitrogen and oxygen atoms in total. The lowest BCUT2D eigenvalue weighted by atomic mass is 9.74. The van der Waals surface area contributed by atoms with Gasteiger partial charge in [0.15, 0.2) is 5.78 Å². The molecule has 0 unspecified atom stereocenters. The Balaban J connectivity index is 2.41. The van der Waals surface area contributed by atoms with Gasteiger partial charge in [-0.25, -0.2) is 0 Å². The number of nitrogens with zero attached hydrogens (tertiary/aromatic N) is 2. The summed E-state index contributed by atoms with van der Waals surface area (Å²) in [4.78, 5) is 20.6. The summed E-state index contributed by atoms with van der Waals surface area (Å²) in [6.07, 6.45) is 7.34. The number of oxime groups is 1. The highest BCUT2D eigenvalue weighted by molar-refractivity contribution is 6.23. The van der Waals surface area contributed by atoms with Crippen molar-refractivity contribution >= 4 is 11.5 Å². The van der Waals surface area contributed by atoms with E-state index in [1.54, 1.807) is 6.08 Å². The third kappa shape index (κ3) is 4.46. The van der Waals surface area contributed by atoms with Gasteiger partial charge < -0.3 is 9.74 Å². The Labute approximate surface area is 140 Å². The third-order valence-electron chi connectivity index (χ3n) is 4.48. The molecule has 0 N–H and O–H groups in total. The average Bonchev–Trinajstić information content (AvgIpc) is 2.99. The Hall–Kier alpha value is -1.58. The highest BCUT2D eigenvalue weighted by atomic mass is 16.6. The summed E-state index contributed by atoms with van der Waals surface area (Å²) in [5, 5.41) is 4.29. The second-order valence-electron chi connectivity index (χ2n) is 7.33. The molecule has 0 radical (unpaired) electrons. The predicted molar refractivity (Wildman–Crippen MR) is 94.3 cm³/mol. The van der Waals surface area contributed by atoms with E-state index in [1.165, 1.54) is 18.5 Å². The van der Waals surface area contributed by atoms with Gasteiger partial charge in [0, 0.05) is 25.2 Å². The smallest absolute Gasteiger partial charge is 0.167 e. The second kappa shape index (κ2) is 7.80. The lowest BCUT2D eigenvalue weighted by Crippen LogP contribution is -2.35. The Morgan fingerprint density at radius 2 is 2.04 bits per heavy atom. The van der Waals surface area contributed by atoms with Crippen LogP contribution in [0.25, 0.3) is 0 Å². The van der Waals surface area contributed by atoms with Gasteiger partial charge in [-0.2, -0.15) is 0 Å². The first-order valence-corrected chi connectivity index (χ1v) is 8.80. The molecule has 0 atom stereocenters. The van der Waals surface area contributed by atoms with Crippen LogP contribution in [0.4, 0.5) is 0 Å². The van der Waals surface area contributed by atoms with Crippen molar-refractivity contribution in [3.05, 3.63) is 23.9 Å². The minimum atomic E-state index is 0.0256. The van der Waals surface area contributed by atoms with Gasteiger partial charge >= 0.3 is 0 Å². The molecule has 128 valence electrons. The van der Waals surface area contributed by atoms with Crippen molar-refractivity contribution in [2.45, 2.75) is 59.3 Å². The molecule has 1 aliphatic heterocycles. The van der Waals surface area contributed by atoms with E-state index < -0.39 is 0 Å². The van der Waals surface area contributed by atoms with Crippen molar-refractivity contribution in [2.75, 3.05) is 19.7 Å². The minimum Gasteiger partial charge on any atom is -0.391 e. The quantitative estimate of drug-likeness (QED) is 0.307. The first-order valence-electron chi connectivity index (χ1n) is 8.80. The fourth-order valence-electron chi connectivity index (χ4n) is 3.49. The van der Waals surface area contributed by atoms with Gasteiger partial charge in [-0.15, -0.1) is 0 Å². The van der Waals surface area contributed by atoms with E-state index in [9.17, 15) is 4.79 Å². The predicted octanol–water partition coefficient (Wildman–Crippen LogP) is 4.08. The molecule has 0 bridgehead atoms. The Kier molecular flexibility index (Phi) is 6.03. The molecule has 2 aliphatic rings. The van der Waals surface area contributed by atoms with E-state index in [4.69, 9.17) is 4.84 Å². The van der Waals surface area contributed by atoms with Crippen LogP contribution in [-0.4, -0.2) is 36.1 Å². The number of Topliss-reactive ketones (excluding diaryl/α,β-unsaturated/α-hetero) is 1. The Bertz CT molecular complexity index is 511. The average molecular weight is 318 g/mol. The number of ketones is 1. The summed E-state index contributed by atoms with van der Waals surface area (Å²) in [5.41, 5.74) is 2.87. The van der Waals surface area contributed by atoms with E-state index in [1.807, 2.05) is 0 Å². The summed E-state index contributed by atoms with van der Waals surface area (Å²) in [6, 6.07) is 0. The highest BCUT2D eigenvalue weighted by Gasteiger charge is 2.37. The van der Waals surface area contributed by atoms with Crippen LogP contribution < -0.4 is 0 Å². The lowest BCUT2D eigenvalue weighted by Gasteiger charge is -2.36. The van der Waals surface area contributed by atoms with E-state index >= 15 is 0 Å². The molecule has 1 saturated heterocycles. The fraction of sp³-hybridized carbons (Fsp3) is 0.684. The van der Waals surface area contributed by atoms with E-state index in [2.05, 4.69) is 37.4 Å². The van der Waals surface area contributed by atoms with Crippen molar-refractivity contribution in [3.63, 3.8) is 0 Å². The van der Waals surface area contributed by atoms with Crippen molar-refractivity contribution in [1.29, 1.82) is 0 Å². The molecule has 0 spiro atoms. The monoisotopic (exact) mass is 318 g/mol. The van der Waals surface area contributed by atoms with Crippen LogP contribution in [0.3, 0.4) is 0 Å². The van der Waals surface area contributed by atoms with Crippen LogP contribution in [0.1, 0.15) is 59.3 Å². The van der Waals surface area contributed by atoms with E-state index in [-0.39, 0.29) is 11.2 Å². The maximum Gasteiger partial charge on any atom is 0.167 e. The molecular formula is C19H30N2O2. The standard InChI is InChI=1S/C19H30N2O2/c1-5-9-15(20-23-12-6-2)18-16(21-10-7-8-11-21)13-19(3,4)14-17(18)22/h6H,2,5,7-14H2,1,3-4H3/b20-15-. The molecule has 23 heavy (non-hydrogen) atoms. The lowest BCUT2D eigenvalue weighted by molar-refractivity contribution is -0.117. The van der Waals surface area contributed by atoms with Crippen LogP contribution >= 0.6 is 0 Å². The SMILES string of the molecule is C=CCO/N=C(/CCC)C1=C(N2CCCC2)CC(C)(C)CC1=O. The van der Waals surface area contributed by atoms with Gasteiger partial charge in [0.05, 0.1) is 11.3 Å². The zero-order valence-electron chi connectivity index (χ0n) is 14.9. The number of rotatable bonds is 7. The Morgan fingerprint density at radius 1 is 1.35 bits per heavy atom. The molecule has 1 aliphatic carbocycles. The maximum absolute atomic E-state index is 12.9. The van der Waals surface area contributed by atoms with Gasteiger partial charge in [0.1, 0.15) is 6.61 Å². The van der Waals surface area contributed by atoms with Crippen molar-refractivity contribution in [3.8, 4) is 0 Å². The molecule has 1 heterocycles. The van der Waals surface area contributed by atoms with Gasteiger partial charge in [0.2, 0.25) is 0 Å². The largest absolute Gasteiger partial charge is 0.391 e. The summed E-state index contributed by atoms with van der Waals surface area (Å²) in [5.74, 6) is 0.220. The number of carbonyl (C=O) groups excluding carboxylic acids is 1. The minimum absolute atomic E-state index is 0.0256. The van der Waals surface area contributed by atoms with Crippen LogP contribution in [0.5, 0.6) is 0 Å². The molecule has 2 rings (SSSR count). The molecule has 1 fully saturated rings. The topological polar surface area (TPSA) is 41.9 Å². The Morgan fingerprint density at radius 3 is 2.65 bits per heavy atom. The summed E-state index contributed by atoms with van der Waals surface area (Å²) < 4.78 is 0. The summed E-state index contributed by atoms with van der Waals surface area (Å²) in [6.45, 7) is 12.6. The normalized spacial score (nSPS) is 21.8. The van der Waals surface area contributed by atoms with Crippen LogP contribution in [0.15, 0.2) is 29.1 Å². The van der Waals surface area contributed by atoms with Crippen molar-refractivity contribution < 1.29 is 9.63 Å². The molecule has 0 aromatic heterocycles. The first kappa shape index (κ1) is 17.8. The van der Waals surface area contributed by atoms with Gasteiger partial charge in [-0.3, -0.25) is 4.79 Å². The summed E-state index contributed by atoms with van der Waals surface area (Å²) in [7, 11) is 0. The molecule has 0 saturated carbocycles. The molecule has 0 amide bonds. The van der Waals surface area contributed by atoms with Crippen molar-refractivity contribution in [2.24, 2.45) is 10.6 Å². The second-order valence-corrected chi connectivity index (χ2v) is 7.33. The first-order chi connectivity index (χ1) is 11.0. The number of hydrogen-bond donors (Lipinski definition) is 0. The van der Waals surface area contributed by atoms with Crippen LogP contribution in [-0.2, 0) is 9.63 Å². The van der Waals surface area contributed by atoms with Gasteiger partial charge in [-0.1, -0.05) is 45.0 Å². The van der Waals surface area contributed by atoms with Crippen molar-refractivity contribution in [1.82, 2.24) is 4.90 Å². The molecule has 0 aromatic carbocycles. The van der Waals surface area contributed by atoms with Gasteiger partial charge in [-0.05, 0) is 31.1 Å². The van der Waals surface area contributed by atoms with Crippen LogP contribution in [0, 0.1) is 5.41 Å². The van der Waals surface area contributed by atoms with E-state index in [0.29, 0.717) is 13.0 Å². The number of hydrogen-bond acceptors (Lipinski definition) is 4. The number of carbonyl (C=O) groups is 1. The molecule has 0 aromatic rings. The number of allylic oxidation sites excluding steroid dienone is 2. The zero-order chi connectivity index (χ0) is 16.9. The summed E-state index contributed by atoms with van der Waals surface area (Å²) >= 11 is 0. The zero-order valence-corrected chi connectivity index (χ0v) is 14.9. The van der Waals surface area contributed by atoms with E-state index in [0.717, 1.165) is 43.6 Å².